The molecule has 0 saturated heterocycles. The smallest absolute Gasteiger partial charge is 0.305 e. The average Bonchev–Trinajstić information content (AvgIpc) is 2.99. The number of aliphatic carboxylic acids is 1. The molecule has 5 heteroatoms. The molecule has 4 unspecified atom stereocenters. The summed E-state index contributed by atoms with van der Waals surface area (Å²) in [6.07, 6.45) is 37.2. The lowest BCUT2D eigenvalue weighted by Crippen LogP contribution is -2.28. The molecule has 0 aliphatic heterocycles. The van der Waals surface area contributed by atoms with Crippen molar-refractivity contribution in [2.45, 2.75) is 102 Å². The Hall–Kier alpha value is -2.27. The van der Waals surface area contributed by atoms with Gasteiger partial charge in [-0.3, -0.25) is 9.59 Å². The summed E-state index contributed by atoms with van der Waals surface area (Å²) in [6.45, 7) is 2.42. The van der Waals surface area contributed by atoms with Gasteiger partial charge in [0.1, 0.15) is 0 Å². The molecule has 0 bridgehead atoms. The summed E-state index contributed by atoms with van der Waals surface area (Å²) in [5, 5.41) is 12.0. The van der Waals surface area contributed by atoms with Gasteiger partial charge in [0.15, 0.2) is 0 Å². The lowest BCUT2D eigenvalue weighted by molar-refractivity contribution is -0.136. The quantitative estimate of drug-likeness (QED) is 0.207. The number of carbonyl (C=O) groups is 2. The molecule has 40 heavy (non-hydrogen) atoms. The second kappa shape index (κ2) is 16.2. The van der Waals surface area contributed by atoms with E-state index in [9.17, 15) is 9.59 Å². The van der Waals surface area contributed by atoms with Gasteiger partial charge in [0, 0.05) is 28.2 Å². The molecule has 0 aromatic carbocycles. The van der Waals surface area contributed by atoms with Gasteiger partial charge < -0.3 is 10.4 Å². The van der Waals surface area contributed by atoms with E-state index in [1.165, 1.54) is 81.1 Å². The Balaban J connectivity index is 1.29. The monoisotopic (exact) mass is 563 g/mol. The van der Waals surface area contributed by atoms with Crippen LogP contribution in [0.25, 0.3) is 0 Å². The zero-order valence-electron chi connectivity index (χ0n) is 24.4. The summed E-state index contributed by atoms with van der Waals surface area (Å²) in [4.78, 5) is 24.5. The highest BCUT2D eigenvalue weighted by Crippen LogP contribution is 2.40. The molecule has 1 fully saturated rings. The van der Waals surface area contributed by atoms with E-state index in [0.717, 1.165) is 24.7 Å². The molecule has 0 radical (unpaired) electrons. The molecule has 1 amide bonds. The third-order valence-corrected chi connectivity index (χ3v) is 10.5. The minimum Gasteiger partial charge on any atom is -0.481 e. The first kappa shape index (κ1) is 30.7. The van der Waals surface area contributed by atoms with Crippen molar-refractivity contribution in [3.63, 3.8) is 0 Å². The Morgan fingerprint density at radius 3 is 2.45 bits per heavy atom. The van der Waals surface area contributed by atoms with Crippen molar-refractivity contribution in [1.29, 1.82) is 0 Å². The van der Waals surface area contributed by atoms with Crippen LogP contribution < -0.4 is 5.32 Å². The maximum atomic E-state index is 12.4. The van der Waals surface area contributed by atoms with Crippen LogP contribution >= 0.6 is 11.8 Å². The molecular formula is C35H49NO3S. The van der Waals surface area contributed by atoms with E-state index in [-0.39, 0.29) is 18.9 Å². The van der Waals surface area contributed by atoms with E-state index in [1.807, 2.05) is 23.9 Å². The third kappa shape index (κ3) is 9.39. The van der Waals surface area contributed by atoms with Crippen molar-refractivity contribution < 1.29 is 14.7 Å². The number of unbranched alkanes of at least 4 members (excludes halogenated alkanes) is 3. The number of carbonyl (C=O) groups excluding carboxylic acids is 1. The number of hydrogen-bond acceptors (Lipinski definition) is 3. The van der Waals surface area contributed by atoms with E-state index in [1.54, 1.807) is 0 Å². The summed E-state index contributed by atoms with van der Waals surface area (Å²) < 4.78 is 0. The predicted molar refractivity (Wildman–Crippen MR) is 168 cm³/mol. The van der Waals surface area contributed by atoms with Crippen LogP contribution in [-0.2, 0) is 9.59 Å². The summed E-state index contributed by atoms with van der Waals surface area (Å²) in [6, 6.07) is 0. The van der Waals surface area contributed by atoms with Crippen molar-refractivity contribution in [1.82, 2.24) is 5.32 Å². The third-order valence-electron chi connectivity index (χ3n) is 9.04. The minimum atomic E-state index is -0.899. The highest BCUT2D eigenvalue weighted by atomic mass is 32.2. The van der Waals surface area contributed by atoms with Gasteiger partial charge in [-0.15, -0.1) is 11.8 Å². The average molecular weight is 564 g/mol. The van der Waals surface area contributed by atoms with Crippen LogP contribution in [0.2, 0.25) is 0 Å². The van der Waals surface area contributed by atoms with E-state index in [2.05, 4.69) is 54.8 Å². The first-order valence-corrected chi connectivity index (χ1v) is 16.7. The van der Waals surface area contributed by atoms with Gasteiger partial charge in [0.05, 0.1) is 6.42 Å². The fourth-order valence-corrected chi connectivity index (χ4v) is 7.91. The maximum absolute atomic E-state index is 12.4. The molecular weight excluding hydrogens is 514 g/mol. The lowest BCUT2D eigenvalue weighted by atomic mass is 9.75. The molecule has 2 N–H and O–H groups in total. The number of amides is 1. The van der Waals surface area contributed by atoms with Crippen molar-refractivity contribution in [3.8, 4) is 0 Å². The number of allylic oxidation sites excluding steroid dienone is 9. The van der Waals surface area contributed by atoms with Crippen LogP contribution in [0.15, 0.2) is 70.7 Å². The topological polar surface area (TPSA) is 66.4 Å². The first-order chi connectivity index (χ1) is 19.5. The largest absolute Gasteiger partial charge is 0.481 e. The van der Waals surface area contributed by atoms with Gasteiger partial charge in [-0.2, -0.15) is 0 Å². The van der Waals surface area contributed by atoms with Gasteiger partial charge >= 0.3 is 5.97 Å². The zero-order valence-corrected chi connectivity index (χ0v) is 25.2. The number of carboxylic acids is 1. The Labute approximate surface area is 246 Å². The van der Waals surface area contributed by atoms with Gasteiger partial charge in [-0.05, 0) is 61.9 Å². The summed E-state index contributed by atoms with van der Waals surface area (Å²) >= 11 is 2.02. The van der Waals surface area contributed by atoms with E-state index >= 15 is 0 Å². The predicted octanol–water partition coefficient (Wildman–Crippen LogP) is 8.69. The molecule has 0 aromatic rings. The molecule has 4 aliphatic rings. The van der Waals surface area contributed by atoms with Crippen LogP contribution in [0.4, 0.5) is 0 Å². The second-order valence-electron chi connectivity index (χ2n) is 12.0. The van der Waals surface area contributed by atoms with Gasteiger partial charge in [-0.25, -0.2) is 0 Å². The van der Waals surface area contributed by atoms with Gasteiger partial charge in [0.25, 0.3) is 5.91 Å². The lowest BCUT2D eigenvalue weighted by Gasteiger charge is -2.30. The molecule has 0 spiro atoms. The standard InChI is InChI=1S/C35H49NO3S/c1-2-3-4-8-11-33(30-16-18-31(19-17-30)35(39)36-25-24-34(37)38)40-32-22-20-29(21-23-32)28-14-12-27(13-15-28)26-9-6-5-7-10-26/h12,14-16,18-20,22-23,26-27,29-30,33H,2-11,13,17,21,24-25H2,1H3,(H,36,39)(H,37,38). The van der Waals surface area contributed by atoms with Gasteiger partial charge in [-0.1, -0.05) is 107 Å². The van der Waals surface area contributed by atoms with Crippen LogP contribution in [0.1, 0.15) is 96.8 Å². The van der Waals surface area contributed by atoms with Gasteiger partial charge in [0.2, 0.25) is 0 Å². The van der Waals surface area contributed by atoms with Crippen molar-refractivity contribution in [2.24, 2.45) is 23.7 Å². The number of nitrogens with one attached hydrogen (secondary N) is 1. The Morgan fingerprint density at radius 1 is 0.950 bits per heavy atom. The first-order valence-electron chi connectivity index (χ1n) is 15.8. The second-order valence-corrected chi connectivity index (χ2v) is 13.3. The highest BCUT2D eigenvalue weighted by molar-refractivity contribution is 8.03. The number of thioether (sulfide) groups is 1. The molecule has 4 aliphatic carbocycles. The van der Waals surface area contributed by atoms with E-state index < -0.39 is 5.97 Å². The van der Waals surface area contributed by atoms with Crippen molar-refractivity contribution in [3.05, 3.63) is 70.7 Å². The molecule has 4 rings (SSSR count). The highest BCUT2D eigenvalue weighted by Gasteiger charge is 2.26. The van der Waals surface area contributed by atoms with Crippen molar-refractivity contribution in [2.75, 3.05) is 6.54 Å². The molecule has 1 saturated carbocycles. The van der Waals surface area contributed by atoms with E-state index in [4.69, 9.17) is 5.11 Å². The molecule has 0 aromatic heterocycles. The fourth-order valence-electron chi connectivity index (χ4n) is 6.55. The summed E-state index contributed by atoms with van der Waals surface area (Å²) in [7, 11) is 0. The summed E-state index contributed by atoms with van der Waals surface area (Å²) in [5.74, 6) is 1.46. The SMILES string of the molecule is CCCCCCC(SC1=CCC(C2=CCC(C3CCCCC3)C=C2)C=C1)C1C=CC(C(=O)NCCC(=O)O)=CC1. The number of rotatable bonds is 14. The maximum Gasteiger partial charge on any atom is 0.305 e. The number of carboxylic acid groups (broad SMARTS) is 1. The van der Waals surface area contributed by atoms with Crippen LogP contribution in [0.3, 0.4) is 0 Å². The molecule has 0 heterocycles. The Kier molecular flexibility index (Phi) is 12.5. The minimum absolute atomic E-state index is 0.0557. The molecule has 218 valence electrons. The summed E-state index contributed by atoms with van der Waals surface area (Å²) in [5.41, 5.74) is 2.14. The number of hydrogen-bond donors (Lipinski definition) is 2. The zero-order chi connectivity index (χ0) is 28.2. The van der Waals surface area contributed by atoms with Crippen LogP contribution in [0.5, 0.6) is 0 Å². The van der Waals surface area contributed by atoms with Crippen LogP contribution in [0, 0.1) is 23.7 Å². The molecule has 4 atom stereocenters. The normalized spacial score (nSPS) is 25.6. The van der Waals surface area contributed by atoms with Crippen molar-refractivity contribution >= 4 is 23.6 Å². The van der Waals surface area contributed by atoms with Crippen LogP contribution in [-0.4, -0.2) is 28.8 Å². The Bertz CT molecular complexity index is 1040. The van der Waals surface area contributed by atoms with E-state index in [0.29, 0.717) is 22.7 Å². The molecule has 4 nitrogen and oxygen atoms in total. The Morgan fingerprint density at radius 2 is 1.80 bits per heavy atom. The fraction of sp³-hybridized carbons (Fsp3) is 0.600.